The van der Waals surface area contributed by atoms with Crippen molar-refractivity contribution < 1.29 is 99.6 Å². The van der Waals surface area contributed by atoms with Gasteiger partial charge in [-0.1, -0.05) is 0 Å². The molecule has 0 aromatic heterocycles. The van der Waals surface area contributed by atoms with Crippen molar-refractivity contribution in [3.05, 3.63) is 0 Å². The Morgan fingerprint density at radius 3 is 1.74 bits per heavy atom. The standard InChI is InChI=1S/C26H47NO20/c1-7-14(34)18(38)20(40)25(42-7)47-23-13(27-8(2)32)24(43-10(4-29)16(36)15(35)9(33)3-28)45-12(6-31)22(23)46-26-21(41)19(39)17(37)11(5-30)44-26/h7,9-26,28-31,33-41H,3-6H2,1-2H3,(H,27,32)/t7-,9+,10+,11+,12+,13+,14+,15+,16+,17-,18+,19-,20-,21+,22+,23+,24+,25-,26-/m0/s1. The summed E-state index contributed by atoms with van der Waals surface area (Å²) < 4.78 is 34.3. The molecule has 21 heteroatoms. The average molecular weight is 694 g/mol. The van der Waals surface area contributed by atoms with Crippen LogP contribution in [0.15, 0.2) is 0 Å². The van der Waals surface area contributed by atoms with Gasteiger partial charge in [0.05, 0.1) is 32.5 Å². The number of hydrogen-bond acceptors (Lipinski definition) is 20. The maximum Gasteiger partial charge on any atom is 0.217 e. The van der Waals surface area contributed by atoms with Crippen LogP contribution in [0.4, 0.5) is 0 Å². The molecule has 3 heterocycles. The van der Waals surface area contributed by atoms with Gasteiger partial charge in [-0.05, 0) is 6.92 Å². The van der Waals surface area contributed by atoms with Crippen molar-refractivity contribution >= 4 is 5.91 Å². The molecule has 3 fully saturated rings. The molecule has 0 radical (unpaired) electrons. The molecule has 21 nitrogen and oxygen atoms in total. The van der Waals surface area contributed by atoms with E-state index in [1.54, 1.807) is 0 Å². The first kappa shape index (κ1) is 40.1. The zero-order valence-corrected chi connectivity index (χ0v) is 25.5. The van der Waals surface area contributed by atoms with Crippen LogP contribution in [0.25, 0.3) is 0 Å². The topological polar surface area (TPSA) is 347 Å². The molecule has 0 saturated carbocycles. The van der Waals surface area contributed by atoms with Crippen molar-refractivity contribution in [1.29, 1.82) is 0 Å². The number of carbonyl (C=O) groups excluding carboxylic acids is 1. The summed E-state index contributed by atoms with van der Waals surface area (Å²) in [6.07, 6.45) is -31.8. The molecule has 276 valence electrons. The molecule has 0 aromatic rings. The Hall–Kier alpha value is -1.29. The first-order valence-corrected chi connectivity index (χ1v) is 14.9. The molecule has 47 heavy (non-hydrogen) atoms. The van der Waals surface area contributed by atoms with Crippen molar-refractivity contribution in [1.82, 2.24) is 5.32 Å². The van der Waals surface area contributed by atoms with Gasteiger partial charge in [-0.3, -0.25) is 4.79 Å². The van der Waals surface area contributed by atoms with Crippen LogP contribution in [0.5, 0.6) is 0 Å². The molecule has 3 aliphatic heterocycles. The number of aliphatic hydroxyl groups is 13. The highest BCUT2D eigenvalue weighted by molar-refractivity contribution is 5.73. The third-order valence-corrected chi connectivity index (χ3v) is 8.24. The molecule has 0 aromatic carbocycles. The molecule has 3 saturated heterocycles. The van der Waals surface area contributed by atoms with Crippen LogP contribution in [0, 0.1) is 0 Å². The number of amides is 1. The number of rotatable bonds is 14. The summed E-state index contributed by atoms with van der Waals surface area (Å²) in [7, 11) is 0. The highest BCUT2D eigenvalue weighted by atomic mass is 16.8. The van der Waals surface area contributed by atoms with Crippen LogP contribution < -0.4 is 5.32 Å². The normalized spacial score (nSPS) is 43.9. The van der Waals surface area contributed by atoms with Crippen LogP contribution in [-0.4, -0.2) is 215 Å². The van der Waals surface area contributed by atoms with Crippen molar-refractivity contribution in [2.45, 2.75) is 130 Å². The first-order chi connectivity index (χ1) is 22.1. The number of carbonyl (C=O) groups is 1. The van der Waals surface area contributed by atoms with E-state index in [1.165, 1.54) is 6.92 Å². The maximum absolute atomic E-state index is 12.4. The molecule has 3 aliphatic rings. The lowest BCUT2D eigenvalue weighted by Gasteiger charge is -2.50. The fraction of sp³-hybridized carbons (Fsp3) is 0.962. The zero-order valence-electron chi connectivity index (χ0n) is 25.5. The number of nitrogens with one attached hydrogen (secondary N) is 1. The van der Waals surface area contributed by atoms with E-state index in [9.17, 15) is 66.1 Å². The number of ether oxygens (including phenoxy) is 6. The van der Waals surface area contributed by atoms with Crippen molar-refractivity contribution in [3.8, 4) is 0 Å². The third kappa shape index (κ3) is 9.09. The molecule has 0 unspecified atom stereocenters. The molecule has 1 amide bonds. The highest BCUT2D eigenvalue weighted by Crippen LogP contribution is 2.34. The average Bonchev–Trinajstić information content (AvgIpc) is 3.05. The van der Waals surface area contributed by atoms with E-state index in [0.717, 1.165) is 6.92 Å². The second-order valence-electron chi connectivity index (χ2n) is 11.6. The van der Waals surface area contributed by atoms with Gasteiger partial charge >= 0.3 is 0 Å². The summed E-state index contributed by atoms with van der Waals surface area (Å²) >= 11 is 0. The molecule has 14 N–H and O–H groups in total. The number of aliphatic hydroxyl groups excluding tert-OH is 13. The smallest absolute Gasteiger partial charge is 0.217 e. The predicted molar refractivity (Wildman–Crippen MR) is 146 cm³/mol. The molecule has 3 rings (SSSR count). The fourth-order valence-corrected chi connectivity index (χ4v) is 5.46. The Balaban J connectivity index is 2.04. The predicted octanol–water partition coefficient (Wildman–Crippen LogP) is -8.94. The third-order valence-electron chi connectivity index (χ3n) is 8.24. The van der Waals surface area contributed by atoms with Crippen LogP contribution in [-0.2, 0) is 33.2 Å². The van der Waals surface area contributed by atoms with E-state index in [4.69, 9.17) is 33.5 Å². The number of hydrogen-bond donors (Lipinski definition) is 14. The Morgan fingerprint density at radius 1 is 0.681 bits per heavy atom. The zero-order chi connectivity index (χ0) is 35.3. The summed E-state index contributed by atoms with van der Waals surface area (Å²) in [5, 5.41) is 134. The minimum Gasteiger partial charge on any atom is -0.394 e. The molecule has 0 bridgehead atoms. The molecule has 0 spiro atoms. The van der Waals surface area contributed by atoms with E-state index in [2.05, 4.69) is 5.32 Å². The van der Waals surface area contributed by atoms with Crippen LogP contribution in [0.2, 0.25) is 0 Å². The van der Waals surface area contributed by atoms with Crippen molar-refractivity contribution in [3.63, 3.8) is 0 Å². The SMILES string of the molecule is CC(=O)N[C@H]1[C@H](O[C@H](CO)[C@@H](O)[C@H](O)[C@H](O)CO)O[C@H](CO)[C@@H](O[C@@H]2O[C@H](CO)[C@H](O)[C@H](O)[C@H]2O)[C@@H]1O[C@@H]1O[C@@H](C)[C@@H](O)[C@@H](O)[C@@H]1O. The fourth-order valence-electron chi connectivity index (χ4n) is 5.46. The second kappa shape index (κ2) is 17.6. The van der Waals surface area contributed by atoms with Crippen molar-refractivity contribution in [2.75, 3.05) is 26.4 Å². The quantitative estimate of drug-likeness (QED) is 0.0803. The minimum absolute atomic E-state index is 0.777. The molecular weight excluding hydrogens is 646 g/mol. The Kier molecular flexibility index (Phi) is 15.0. The van der Waals surface area contributed by atoms with Gasteiger partial charge in [0.1, 0.15) is 91.5 Å². The summed E-state index contributed by atoms with van der Waals surface area (Å²) in [5.41, 5.74) is 0. The lowest BCUT2D eigenvalue weighted by molar-refractivity contribution is -0.377. The summed E-state index contributed by atoms with van der Waals surface area (Å²) in [6, 6.07) is -1.62. The summed E-state index contributed by atoms with van der Waals surface area (Å²) in [6.45, 7) is -1.40. The van der Waals surface area contributed by atoms with Crippen LogP contribution in [0.1, 0.15) is 13.8 Å². The van der Waals surface area contributed by atoms with Gasteiger partial charge in [-0.2, -0.15) is 0 Å². The van der Waals surface area contributed by atoms with Gasteiger partial charge in [-0.25, -0.2) is 0 Å². The van der Waals surface area contributed by atoms with Gasteiger partial charge in [0.2, 0.25) is 5.91 Å². The first-order valence-electron chi connectivity index (χ1n) is 14.9. The Morgan fingerprint density at radius 2 is 1.21 bits per heavy atom. The summed E-state index contributed by atoms with van der Waals surface area (Å²) in [5.74, 6) is -0.777. The lowest BCUT2D eigenvalue weighted by Crippen LogP contribution is -2.70. The van der Waals surface area contributed by atoms with Gasteiger partial charge < -0.3 is 100 Å². The highest BCUT2D eigenvalue weighted by Gasteiger charge is 2.55. The second-order valence-corrected chi connectivity index (χ2v) is 11.6. The van der Waals surface area contributed by atoms with Gasteiger partial charge in [-0.15, -0.1) is 0 Å². The van der Waals surface area contributed by atoms with Gasteiger partial charge in [0, 0.05) is 6.92 Å². The molecular formula is C26H47NO20. The lowest BCUT2D eigenvalue weighted by atomic mass is 9.94. The van der Waals surface area contributed by atoms with Crippen LogP contribution in [0.3, 0.4) is 0 Å². The summed E-state index contributed by atoms with van der Waals surface area (Å²) in [4.78, 5) is 12.4. The van der Waals surface area contributed by atoms with E-state index in [-0.39, 0.29) is 0 Å². The van der Waals surface area contributed by atoms with E-state index < -0.39 is 149 Å². The van der Waals surface area contributed by atoms with Crippen molar-refractivity contribution in [2.24, 2.45) is 0 Å². The van der Waals surface area contributed by atoms with E-state index in [1.807, 2.05) is 0 Å². The minimum atomic E-state index is -2.07. The molecule has 19 atom stereocenters. The monoisotopic (exact) mass is 693 g/mol. The van der Waals surface area contributed by atoms with Gasteiger partial charge in [0.15, 0.2) is 18.9 Å². The molecule has 0 aliphatic carbocycles. The van der Waals surface area contributed by atoms with Crippen LogP contribution >= 0.6 is 0 Å². The Labute approximate surface area is 268 Å². The largest absolute Gasteiger partial charge is 0.394 e. The van der Waals surface area contributed by atoms with Gasteiger partial charge in [0.25, 0.3) is 0 Å². The van der Waals surface area contributed by atoms with E-state index in [0.29, 0.717) is 0 Å². The Bertz CT molecular complexity index is 965. The maximum atomic E-state index is 12.4. The van der Waals surface area contributed by atoms with E-state index >= 15 is 0 Å².